The van der Waals surface area contributed by atoms with Crippen LogP contribution < -0.4 is 0 Å². The van der Waals surface area contributed by atoms with Gasteiger partial charge in [-0.05, 0) is 12.8 Å². The summed E-state index contributed by atoms with van der Waals surface area (Å²) in [6.07, 6.45) is 1.85. The van der Waals surface area contributed by atoms with E-state index in [0.29, 0.717) is 5.92 Å². The van der Waals surface area contributed by atoms with Gasteiger partial charge in [0.2, 0.25) is 5.91 Å². The van der Waals surface area contributed by atoms with Gasteiger partial charge in [-0.2, -0.15) is 0 Å². The van der Waals surface area contributed by atoms with Crippen LogP contribution in [0.1, 0.15) is 26.7 Å². The molecule has 0 aliphatic carbocycles. The first-order chi connectivity index (χ1) is 6.22. The zero-order valence-electron chi connectivity index (χ0n) is 8.49. The number of rotatable bonds is 4. The molecule has 1 fully saturated rings. The van der Waals surface area contributed by atoms with Gasteiger partial charge in [0.1, 0.15) is 0 Å². The van der Waals surface area contributed by atoms with E-state index >= 15 is 0 Å². The van der Waals surface area contributed by atoms with Crippen LogP contribution in [0.25, 0.3) is 0 Å². The molecular weight excluding hydrogens is 166 g/mol. The fraction of sp³-hybridized carbons (Fsp3) is 0.900. The summed E-state index contributed by atoms with van der Waals surface area (Å²) in [5.74, 6) is 0.799. The number of aliphatic hydroxyl groups excluding tert-OH is 1. The maximum Gasteiger partial charge on any atom is 0.225 e. The molecule has 0 atom stereocenters. The van der Waals surface area contributed by atoms with Gasteiger partial charge in [0.05, 0.1) is 0 Å². The number of carbonyl (C=O) groups excluding carboxylic acids is 1. The Bertz CT molecular complexity index is 172. The first kappa shape index (κ1) is 10.5. The zero-order valence-corrected chi connectivity index (χ0v) is 8.49. The average molecular weight is 185 g/mol. The summed E-state index contributed by atoms with van der Waals surface area (Å²) in [4.78, 5) is 13.6. The monoisotopic (exact) mass is 185 g/mol. The Morgan fingerprint density at radius 3 is 2.38 bits per heavy atom. The largest absolute Gasteiger partial charge is 0.396 e. The first-order valence-corrected chi connectivity index (χ1v) is 5.12. The van der Waals surface area contributed by atoms with E-state index in [1.807, 2.05) is 4.90 Å². The molecule has 0 saturated carbocycles. The molecule has 0 aromatic heterocycles. The summed E-state index contributed by atoms with van der Waals surface area (Å²) >= 11 is 0. The van der Waals surface area contributed by atoms with E-state index in [-0.39, 0.29) is 18.4 Å². The van der Waals surface area contributed by atoms with Crippen molar-refractivity contribution in [1.82, 2.24) is 4.90 Å². The average Bonchev–Trinajstić information content (AvgIpc) is 2.04. The summed E-state index contributed by atoms with van der Waals surface area (Å²) in [5, 5.41) is 8.80. The van der Waals surface area contributed by atoms with Crippen LogP contribution in [-0.4, -0.2) is 35.6 Å². The molecule has 1 aliphatic rings. The third-order valence-electron chi connectivity index (χ3n) is 2.86. The molecule has 0 aromatic carbocycles. The van der Waals surface area contributed by atoms with Gasteiger partial charge in [-0.15, -0.1) is 0 Å². The lowest BCUT2D eigenvalue weighted by Crippen LogP contribution is -2.53. The molecule has 0 bridgehead atoms. The molecule has 0 spiro atoms. The molecule has 3 nitrogen and oxygen atoms in total. The van der Waals surface area contributed by atoms with Crippen LogP contribution in [0, 0.1) is 11.8 Å². The number of nitrogens with zero attached hydrogens (tertiary/aromatic N) is 1. The van der Waals surface area contributed by atoms with E-state index in [1.165, 1.54) is 0 Å². The van der Waals surface area contributed by atoms with Crippen LogP contribution in [0.4, 0.5) is 0 Å². The van der Waals surface area contributed by atoms with Crippen molar-refractivity contribution in [3.63, 3.8) is 0 Å². The smallest absolute Gasteiger partial charge is 0.225 e. The molecule has 1 heterocycles. The number of carbonyl (C=O) groups is 1. The molecule has 13 heavy (non-hydrogen) atoms. The van der Waals surface area contributed by atoms with Crippen molar-refractivity contribution < 1.29 is 9.90 Å². The molecule has 1 rings (SSSR count). The van der Waals surface area contributed by atoms with E-state index in [1.54, 1.807) is 0 Å². The minimum Gasteiger partial charge on any atom is -0.396 e. The lowest BCUT2D eigenvalue weighted by molar-refractivity contribution is -0.143. The van der Waals surface area contributed by atoms with Crippen LogP contribution >= 0.6 is 0 Å². The van der Waals surface area contributed by atoms with Crippen molar-refractivity contribution in [1.29, 1.82) is 0 Å². The maximum absolute atomic E-state index is 11.7. The lowest BCUT2D eigenvalue weighted by atomic mass is 9.95. The predicted molar refractivity (Wildman–Crippen MR) is 51.2 cm³/mol. The molecule has 0 unspecified atom stereocenters. The summed E-state index contributed by atoms with van der Waals surface area (Å²) in [6.45, 7) is 5.83. The van der Waals surface area contributed by atoms with Crippen molar-refractivity contribution in [2.75, 3.05) is 19.7 Å². The molecule has 0 radical (unpaired) electrons. The first-order valence-electron chi connectivity index (χ1n) is 5.12. The number of hydrogen-bond acceptors (Lipinski definition) is 2. The molecule has 1 N–H and O–H groups in total. The normalized spacial score (nSPS) is 17.7. The Labute approximate surface area is 79.7 Å². The highest BCUT2D eigenvalue weighted by Crippen LogP contribution is 2.20. The van der Waals surface area contributed by atoms with E-state index in [4.69, 9.17) is 5.11 Å². The van der Waals surface area contributed by atoms with E-state index in [9.17, 15) is 4.79 Å². The summed E-state index contributed by atoms with van der Waals surface area (Å²) in [7, 11) is 0. The quantitative estimate of drug-likeness (QED) is 0.706. The van der Waals surface area contributed by atoms with Crippen LogP contribution in [-0.2, 0) is 4.79 Å². The summed E-state index contributed by atoms with van der Waals surface area (Å²) < 4.78 is 0. The van der Waals surface area contributed by atoms with Gasteiger partial charge in [0.25, 0.3) is 0 Å². The van der Waals surface area contributed by atoms with Gasteiger partial charge >= 0.3 is 0 Å². The second-order valence-electron chi connectivity index (χ2n) is 3.81. The van der Waals surface area contributed by atoms with Crippen molar-refractivity contribution in [2.45, 2.75) is 26.7 Å². The molecule has 76 valence electrons. The van der Waals surface area contributed by atoms with E-state index in [0.717, 1.165) is 25.9 Å². The third-order valence-corrected chi connectivity index (χ3v) is 2.86. The van der Waals surface area contributed by atoms with Crippen LogP contribution in [0.15, 0.2) is 0 Å². The molecular formula is C10H19NO2. The second kappa shape index (κ2) is 4.61. The minimum absolute atomic E-state index is 0.194. The Hall–Kier alpha value is -0.570. The fourth-order valence-electron chi connectivity index (χ4n) is 1.76. The number of hydrogen-bond donors (Lipinski definition) is 1. The van der Waals surface area contributed by atoms with Crippen molar-refractivity contribution in [3.05, 3.63) is 0 Å². The Morgan fingerprint density at radius 2 is 2.00 bits per heavy atom. The fourth-order valence-corrected chi connectivity index (χ4v) is 1.76. The molecule has 1 saturated heterocycles. The van der Waals surface area contributed by atoms with Gasteiger partial charge < -0.3 is 10.0 Å². The highest BCUT2D eigenvalue weighted by Gasteiger charge is 2.32. The van der Waals surface area contributed by atoms with Crippen LogP contribution in [0.3, 0.4) is 0 Å². The van der Waals surface area contributed by atoms with Crippen LogP contribution in [0.2, 0.25) is 0 Å². The van der Waals surface area contributed by atoms with Crippen molar-refractivity contribution in [3.8, 4) is 0 Å². The number of aliphatic hydroxyl groups is 1. The standard InChI is InChI=1S/C10H19NO2/c1-3-9(4-2)10(13)11-5-8(6-11)7-12/h8-9,12H,3-7H2,1-2H3. The highest BCUT2D eigenvalue weighted by atomic mass is 16.3. The SMILES string of the molecule is CCC(CC)C(=O)N1CC(CO)C1. The van der Waals surface area contributed by atoms with E-state index < -0.39 is 0 Å². The van der Waals surface area contributed by atoms with Crippen molar-refractivity contribution in [2.24, 2.45) is 11.8 Å². The minimum atomic E-state index is 0.194. The third kappa shape index (κ3) is 2.21. The maximum atomic E-state index is 11.7. The molecule has 1 aliphatic heterocycles. The Morgan fingerprint density at radius 1 is 1.46 bits per heavy atom. The lowest BCUT2D eigenvalue weighted by Gasteiger charge is -2.40. The van der Waals surface area contributed by atoms with Gasteiger partial charge in [-0.1, -0.05) is 13.8 Å². The molecule has 0 aromatic rings. The second-order valence-corrected chi connectivity index (χ2v) is 3.81. The topological polar surface area (TPSA) is 40.5 Å². The Kier molecular flexibility index (Phi) is 3.72. The molecule has 1 amide bonds. The zero-order chi connectivity index (χ0) is 9.84. The number of amides is 1. The van der Waals surface area contributed by atoms with E-state index in [2.05, 4.69) is 13.8 Å². The number of likely N-dealkylation sites (tertiary alicyclic amines) is 1. The molecule has 3 heteroatoms. The van der Waals surface area contributed by atoms with Gasteiger partial charge in [-0.25, -0.2) is 0 Å². The van der Waals surface area contributed by atoms with Gasteiger partial charge in [-0.3, -0.25) is 4.79 Å². The summed E-state index contributed by atoms with van der Waals surface area (Å²) in [5.41, 5.74) is 0. The Balaban J connectivity index is 2.33. The summed E-state index contributed by atoms with van der Waals surface area (Å²) in [6, 6.07) is 0. The van der Waals surface area contributed by atoms with Gasteiger partial charge in [0, 0.05) is 31.5 Å². The highest BCUT2D eigenvalue weighted by molar-refractivity contribution is 5.79. The predicted octanol–water partition coefficient (Wildman–Crippen LogP) is 0.873. The van der Waals surface area contributed by atoms with Gasteiger partial charge in [0.15, 0.2) is 0 Å². The van der Waals surface area contributed by atoms with Crippen molar-refractivity contribution >= 4 is 5.91 Å². The van der Waals surface area contributed by atoms with Crippen LogP contribution in [0.5, 0.6) is 0 Å².